The number of aryl methyl sites for hydroxylation is 1. The molecule has 0 atom stereocenters. The van der Waals surface area contributed by atoms with E-state index in [1.807, 2.05) is 31.2 Å². The van der Waals surface area contributed by atoms with Crippen LogP contribution in [0.25, 0.3) is 0 Å². The fourth-order valence-electron chi connectivity index (χ4n) is 2.22. The summed E-state index contributed by atoms with van der Waals surface area (Å²) in [5.74, 6) is -0.106. The number of hydrogen-bond acceptors (Lipinski definition) is 3. The van der Waals surface area contributed by atoms with Crippen LogP contribution in [0.3, 0.4) is 0 Å². The second-order valence-electron chi connectivity index (χ2n) is 5.33. The SMILES string of the molecule is Cc1ccccc1OCCC(=O)N(CCC(=O)O)C1CC1. The average molecular weight is 291 g/mol. The van der Waals surface area contributed by atoms with Gasteiger partial charge in [-0.05, 0) is 31.4 Å². The van der Waals surface area contributed by atoms with Crippen molar-refractivity contribution < 1.29 is 19.4 Å². The smallest absolute Gasteiger partial charge is 0.305 e. The third-order valence-electron chi connectivity index (χ3n) is 3.54. The van der Waals surface area contributed by atoms with Crippen LogP contribution in [0.4, 0.5) is 0 Å². The molecule has 1 aliphatic carbocycles. The van der Waals surface area contributed by atoms with Crippen LogP contribution < -0.4 is 4.74 Å². The summed E-state index contributed by atoms with van der Waals surface area (Å²) < 4.78 is 5.62. The number of aliphatic carboxylic acids is 1. The van der Waals surface area contributed by atoms with Crippen LogP contribution in [0, 0.1) is 6.92 Å². The maximum atomic E-state index is 12.2. The molecule has 0 saturated heterocycles. The molecule has 0 bridgehead atoms. The normalized spacial score (nSPS) is 13.8. The van der Waals surface area contributed by atoms with E-state index in [4.69, 9.17) is 9.84 Å². The van der Waals surface area contributed by atoms with Gasteiger partial charge in [0.1, 0.15) is 5.75 Å². The largest absolute Gasteiger partial charge is 0.493 e. The Morgan fingerprint density at radius 1 is 1.29 bits per heavy atom. The summed E-state index contributed by atoms with van der Waals surface area (Å²) in [6.07, 6.45) is 2.24. The standard InChI is InChI=1S/C16H21NO4/c1-12-4-2-3-5-14(12)21-11-9-15(18)17(13-6-7-13)10-8-16(19)20/h2-5,13H,6-11H2,1H3,(H,19,20). The Morgan fingerprint density at radius 3 is 2.62 bits per heavy atom. The second-order valence-corrected chi connectivity index (χ2v) is 5.33. The monoisotopic (exact) mass is 291 g/mol. The van der Waals surface area contributed by atoms with E-state index >= 15 is 0 Å². The van der Waals surface area contributed by atoms with Crippen molar-refractivity contribution in [3.05, 3.63) is 29.8 Å². The van der Waals surface area contributed by atoms with Crippen LogP contribution >= 0.6 is 0 Å². The minimum absolute atomic E-state index is 0.000883. The Kier molecular flexibility index (Phi) is 5.20. The van der Waals surface area contributed by atoms with Gasteiger partial charge in [0, 0.05) is 12.6 Å². The van der Waals surface area contributed by atoms with Crippen molar-refractivity contribution in [2.75, 3.05) is 13.2 Å². The van der Waals surface area contributed by atoms with E-state index in [9.17, 15) is 9.59 Å². The van der Waals surface area contributed by atoms with E-state index in [-0.39, 0.29) is 24.8 Å². The number of ether oxygens (including phenoxy) is 1. The van der Waals surface area contributed by atoms with Gasteiger partial charge in [0.15, 0.2) is 0 Å². The van der Waals surface area contributed by atoms with Crippen molar-refractivity contribution in [1.82, 2.24) is 4.90 Å². The Balaban J connectivity index is 1.79. The van der Waals surface area contributed by atoms with Crippen LogP contribution in [0.1, 0.15) is 31.2 Å². The highest BCUT2D eigenvalue weighted by atomic mass is 16.5. The summed E-state index contributed by atoms with van der Waals surface area (Å²) in [7, 11) is 0. The number of nitrogens with zero attached hydrogens (tertiary/aromatic N) is 1. The zero-order chi connectivity index (χ0) is 15.2. The lowest BCUT2D eigenvalue weighted by atomic mass is 10.2. The molecule has 1 amide bonds. The predicted octanol–water partition coefficient (Wildman–Crippen LogP) is 2.23. The Hall–Kier alpha value is -2.04. The number of benzene rings is 1. The minimum atomic E-state index is -0.871. The maximum absolute atomic E-state index is 12.2. The predicted molar refractivity (Wildman–Crippen MR) is 78.3 cm³/mol. The molecular formula is C16H21NO4. The lowest BCUT2D eigenvalue weighted by molar-refractivity contribution is -0.138. The molecule has 1 aromatic carbocycles. The molecule has 1 fully saturated rings. The molecular weight excluding hydrogens is 270 g/mol. The van der Waals surface area contributed by atoms with Gasteiger partial charge in [-0.15, -0.1) is 0 Å². The molecule has 0 radical (unpaired) electrons. The van der Waals surface area contributed by atoms with E-state index in [1.165, 1.54) is 0 Å². The molecule has 0 unspecified atom stereocenters. The first-order valence-corrected chi connectivity index (χ1v) is 7.27. The molecule has 0 heterocycles. The third kappa shape index (κ3) is 4.77. The van der Waals surface area contributed by atoms with Gasteiger partial charge in [-0.1, -0.05) is 18.2 Å². The topological polar surface area (TPSA) is 66.8 Å². The minimum Gasteiger partial charge on any atom is -0.493 e. The number of carboxylic acids is 1. The highest BCUT2D eigenvalue weighted by molar-refractivity contribution is 5.77. The Labute approximate surface area is 124 Å². The fraction of sp³-hybridized carbons (Fsp3) is 0.500. The first kappa shape index (κ1) is 15.4. The fourth-order valence-corrected chi connectivity index (χ4v) is 2.22. The van der Waals surface area contributed by atoms with E-state index in [0.717, 1.165) is 24.2 Å². The van der Waals surface area contributed by atoms with Gasteiger partial charge in [-0.2, -0.15) is 0 Å². The number of carbonyl (C=O) groups is 2. The van der Waals surface area contributed by atoms with Crippen molar-refractivity contribution in [2.24, 2.45) is 0 Å². The quantitative estimate of drug-likeness (QED) is 0.797. The maximum Gasteiger partial charge on any atom is 0.305 e. The van der Waals surface area contributed by atoms with Crippen molar-refractivity contribution in [2.45, 2.75) is 38.6 Å². The molecule has 0 aromatic heterocycles. The van der Waals surface area contributed by atoms with Crippen LogP contribution in [0.15, 0.2) is 24.3 Å². The van der Waals surface area contributed by atoms with E-state index < -0.39 is 5.97 Å². The number of amides is 1. The highest BCUT2D eigenvalue weighted by Gasteiger charge is 2.32. The van der Waals surface area contributed by atoms with Gasteiger partial charge >= 0.3 is 5.97 Å². The van der Waals surface area contributed by atoms with Gasteiger partial charge in [0.05, 0.1) is 19.4 Å². The zero-order valence-electron chi connectivity index (χ0n) is 12.2. The second kappa shape index (κ2) is 7.11. The van der Waals surface area contributed by atoms with Gasteiger partial charge < -0.3 is 14.7 Å². The van der Waals surface area contributed by atoms with Gasteiger partial charge in [-0.25, -0.2) is 0 Å². The number of carbonyl (C=O) groups excluding carboxylic acids is 1. The molecule has 0 spiro atoms. The summed E-state index contributed by atoms with van der Waals surface area (Å²) in [5.41, 5.74) is 1.04. The summed E-state index contributed by atoms with van der Waals surface area (Å²) in [6.45, 7) is 2.57. The van der Waals surface area contributed by atoms with Crippen molar-refractivity contribution in [3.8, 4) is 5.75 Å². The zero-order valence-corrected chi connectivity index (χ0v) is 12.2. The Morgan fingerprint density at radius 2 is 2.00 bits per heavy atom. The third-order valence-corrected chi connectivity index (χ3v) is 3.54. The number of rotatable bonds is 8. The van der Waals surface area contributed by atoms with Crippen LogP contribution in [0.2, 0.25) is 0 Å². The molecule has 21 heavy (non-hydrogen) atoms. The number of para-hydroxylation sites is 1. The molecule has 5 nitrogen and oxygen atoms in total. The van der Waals surface area contributed by atoms with Gasteiger partial charge in [0.25, 0.3) is 0 Å². The molecule has 0 aliphatic heterocycles. The number of hydrogen-bond donors (Lipinski definition) is 1. The van der Waals surface area contributed by atoms with Crippen molar-refractivity contribution >= 4 is 11.9 Å². The summed E-state index contributed by atoms with van der Waals surface area (Å²) in [4.78, 5) is 24.5. The highest BCUT2D eigenvalue weighted by Crippen LogP contribution is 2.27. The molecule has 1 N–H and O–H groups in total. The van der Waals surface area contributed by atoms with Crippen LogP contribution in [-0.2, 0) is 9.59 Å². The summed E-state index contributed by atoms with van der Waals surface area (Å²) in [5, 5.41) is 8.74. The van der Waals surface area contributed by atoms with Gasteiger partial charge in [0.2, 0.25) is 5.91 Å². The first-order valence-electron chi connectivity index (χ1n) is 7.27. The molecule has 2 rings (SSSR count). The van der Waals surface area contributed by atoms with Crippen molar-refractivity contribution in [3.63, 3.8) is 0 Å². The lowest BCUT2D eigenvalue weighted by Gasteiger charge is -2.21. The van der Waals surface area contributed by atoms with E-state index in [2.05, 4.69) is 0 Å². The molecule has 114 valence electrons. The van der Waals surface area contributed by atoms with Gasteiger partial charge in [-0.3, -0.25) is 9.59 Å². The van der Waals surface area contributed by atoms with Crippen LogP contribution in [-0.4, -0.2) is 41.1 Å². The molecule has 1 aliphatic rings. The average Bonchev–Trinajstić information content (AvgIpc) is 3.25. The number of carboxylic acid groups (broad SMARTS) is 1. The molecule has 1 saturated carbocycles. The summed E-state index contributed by atoms with van der Waals surface area (Å²) >= 11 is 0. The first-order chi connectivity index (χ1) is 10.1. The lowest BCUT2D eigenvalue weighted by Crippen LogP contribution is -2.35. The van der Waals surface area contributed by atoms with E-state index in [1.54, 1.807) is 4.90 Å². The van der Waals surface area contributed by atoms with Crippen molar-refractivity contribution in [1.29, 1.82) is 0 Å². The van der Waals surface area contributed by atoms with E-state index in [0.29, 0.717) is 13.2 Å². The molecule has 5 heteroatoms. The summed E-state index contributed by atoms with van der Waals surface area (Å²) in [6, 6.07) is 7.90. The molecule has 1 aromatic rings. The van der Waals surface area contributed by atoms with Crippen LogP contribution in [0.5, 0.6) is 5.75 Å². The Bertz CT molecular complexity index is 511.